The van der Waals surface area contributed by atoms with Crippen LogP contribution in [0.25, 0.3) is 0 Å². The van der Waals surface area contributed by atoms with Gasteiger partial charge in [0.1, 0.15) is 5.60 Å². The van der Waals surface area contributed by atoms with Gasteiger partial charge in [0.05, 0.1) is 0 Å². The van der Waals surface area contributed by atoms with Crippen LogP contribution in [0.5, 0.6) is 0 Å². The van der Waals surface area contributed by atoms with Gasteiger partial charge in [-0.1, -0.05) is 6.92 Å². The zero-order valence-electron chi connectivity index (χ0n) is 12.8. The molecular formula is C14H25NO4S. The molecule has 1 amide bonds. The minimum Gasteiger partial charge on any atom is -0.479 e. The van der Waals surface area contributed by atoms with Crippen molar-refractivity contribution in [2.45, 2.75) is 58.1 Å². The summed E-state index contributed by atoms with van der Waals surface area (Å²) in [5, 5.41) is 9.67. The average Bonchev–Trinajstić information content (AvgIpc) is 2.34. The molecule has 0 bridgehead atoms. The summed E-state index contributed by atoms with van der Waals surface area (Å²) in [6, 6.07) is 0. The molecule has 1 unspecified atom stereocenters. The van der Waals surface area contributed by atoms with Crippen LogP contribution in [0.4, 0.5) is 4.79 Å². The van der Waals surface area contributed by atoms with Crippen molar-refractivity contribution < 1.29 is 19.4 Å². The number of carbonyl (C=O) groups is 2. The van der Waals surface area contributed by atoms with Crippen molar-refractivity contribution in [3.8, 4) is 0 Å². The largest absolute Gasteiger partial charge is 0.479 e. The molecule has 0 spiro atoms. The van der Waals surface area contributed by atoms with Gasteiger partial charge in [-0.2, -0.15) is 11.8 Å². The molecule has 0 aromatic carbocycles. The zero-order valence-corrected chi connectivity index (χ0v) is 13.6. The predicted octanol–water partition coefficient (Wildman–Crippen LogP) is 2.98. The molecule has 1 rings (SSSR count). The third-order valence-corrected chi connectivity index (χ3v) is 4.45. The zero-order chi connectivity index (χ0) is 15.4. The van der Waals surface area contributed by atoms with Crippen molar-refractivity contribution >= 4 is 23.8 Å². The van der Waals surface area contributed by atoms with Crippen LogP contribution in [0.2, 0.25) is 0 Å². The number of thioether (sulfide) groups is 1. The summed E-state index contributed by atoms with van der Waals surface area (Å²) in [5.74, 6) is 0.453. The first-order valence-electron chi connectivity index (χ1n) is 7.05. The lowest BCUT2D eigenvalue weighted by atomic mass is 9.93. The van der Waals surface area contributed by atoms with E-state index in [1.165, 1.54) is 4.90 Å². The summed E-state index contributed by atoms with van der Waals surface area (Å²) in [5.41, 5.74) is -1.74. The highest BCUT2D eigenvalue weighted by atomic mass is 32.2. The molecule has 0 saturated carbocycles. The van der Waals surface area contributed by atoms with E-state index in [4.69, 9.17) is 4.74 Å². The van der Waals surface area contributed by atoms with Crippen LogP contribution in [-0.4, -0.2) is 51.3 Å². The Morgan fingerprint density at radius 1 is 1.40 bits per heavy atom. The number of rotatable bonds is 4. The van der Waals surface area contributed by atoms with Crippen LogP contribution in [0.3, 0.4) is 0 Å². The first kappa shape index (κ1) is 17.1. The van der Waals surface area contributed by atoms with Crippen LogP contribution in [0.15, 0.2) is 0 Å². The smallest absolute Gasteiger partial charge is 0.411 e. The fraction of sp³-hybridized carbons (Fsp3) is 0.857. The van der Waals surface area contributed by atoms with E-state index >= 15 is 0 Å². The second-order valence-electron chi connectivity index (χ2n) is 6.12. The molecule has 0 radical (unpaired) electrons. The van der Waals surface area contributed by atoms with Crippen LogP contribution in [-0.2, 0) is 9.53 Å². The van der Waals surface area contributed by atoms with Crippen LogP contribution >= 0.6 is 11.8 Å². The number of hydrogen-bond donors (Lipinski definition) is 1. The third kappa shape index (κ3) is 4.04. The highest BCUT2D eigenvalue weighted by molar-refractivity contribution is 7.99. The van der Waals surface area contributed by atoms with Gasteiger partial charge in [-0.3, -0.25) is 4.90 Å². The molecule has 116 valence electrons. The van der Waals surface area contributed by atoms with Gasteiger partial charge in [0.2, 0.25) is 0 Å². The summed E-state index contributed by atoms with van der Waals surface area (Å²) < 4.78 is 5.40. The van der Waals surface area contributed by atoms with Crippen molar-refractivity contribution in [3.05, 3.63) is 0 Å². The normalized spacial score (nSPS) is 23.2. The summed E-state index contributed by atoms with van der Waals surface area (Å²) in [6.07, 6.45) is 1.48. The van der Waals surface area contributed by atoms with Crippen molar-refractivity contribution in [1.82, 2.24) is 4.90 Å². The minimum atomic E-state index is -1.12. The van der Waals surface area contributed by atoms with E-state index in [1.54, 1.807) is 32.5 Å². The van der Waals surface area contributed by atoms with Gasteiger partial charge in [0.25, 0.3) is 0 Å². The van der Waals surface area contributed by atoms with Crippen molar-refractivity contribution in [2.75, 3.05) is 18.1 Å². The molecule has 0 aliphatic carbocycles. The Morgan fingerprint density at radius 3 is 2.45 bits per heavy atom. The SMILES string of the molecule is CCCN(C(=O)OC(C)(C)C)C1(C(=O)O)CCCSC1. The fourth-order valence-corrected chi connectivity index (χ4v) is 3.55. The molecule has 1 saturated heterocycles. The molecule has 1 aliphatic heterocycles. The Morgan fingerprint density at radius 2 is 2.05 bits per heavy atom. The van der Waals surface area contributed by atoms with E-state index in [9.17, 15) is 14.7 Å². The Balaban J connectivity index is 3.02. The monoisotopic (exact) mass is 303 g/mol. The van der Waals surface area contributed by atoms with Gasteiger partial charge in [-0.05, 0) is 45.8 Å². The number of carboxylic acid groups (broad SMARTS) is 1. The maximum Gasteiger partial charge on any atom is 0.411 e. The molecule has 1 fully saturated rings. The molecule has 6 heteroatoms. The molecule has 0 aromatic rings. The topological polar surface area (TPSA) is 66.8 Å². The molecule has 5 nitrogen and oxygen atoms in total. The Bertz CT molecular complexity index is 359. The van der Waals surface area contributed by atoms with E-state index in [1.807, 2.05) is 6.92 Å². The van der Waals surface area contributed by atoms with E-state index in [2.05, 4.69) is 0 Å². The molecule has 1 aliphatic rings. The number of aliphatic carboxylic acids is 1. The number of ether oxygens (including phenoxy) is 1. The van der Waals surface area contributed by atoms with Crippen molar-refractivity contribution in [3.63, 3.8) is 0 Å². The number of nitrogens with zero attached hydrogens (tertiary/aromatic N) is 1. The van der Waals surface area contributed by atoms with Crippen LogP contribution < -0.4 is 0 Å². The van der Waals surface area contributed by atoms with Gasteiger partial charge in [-0.25, -0.2) is 9.59 Å². The lowest BCUT2D eigenvalue weighted by Gasteiger charge is -2.42. The second kappa shape index (κ2) is 6.70. The van der Waals surface area contributed by atoms with Gasteiger partial charge >= 0.3 is 12.1 Å². The van der Waals surface area contributed by atoms with Crippen molar-refractivity contribution in [1.29, 1.82) is 0 Å². The molecular weight excluding hydrogens is 278 g/mol. The van der Waals surface area contributed by atoms with Crippen LogP contribution in [0, 0.1) is 0 Å². The summed E-state index contributed by atoms with van der Waals surface area (Å²) in [4.78, 5) is 25.6. The average molecular weight is 303 g/mol. The maximum atomic E-state index is 12.4. The number of hydrogen-bond acceptors (Lipinski definition) is 4. The third-order valence-electron chi connectivity index (χ3n) is 3.20. The minimum absolute atomic E-state index is 0.405. The van der Waals surface area contributed by atoms with E-state index in [0.717, 1.165) is 12.2 Å². The Hall–Kier alpha value is -0.910. The van der Waals surface area contributed by atoms with Gasteiger partial charge in [-0.15, -0.1) is 0 Å². The lowest BCUT2D eigenvalue weighted by Crippen LogP contribution is -2.61. The highest BCUT2D eigenvalue weighted by Gasteiger charge is 2.48. The number of carboxylic acids is 1. The predicted molar refractivity (Wildman–Crippen MR) is 80.2 cm³/mol. The lowest BCUT2D eigenvalue weighted by molar-refractivity contribution is -0.150. The first-order valence-corrected chi connectivity index (χ1v) is 8.20. The van der Waals surface area contributed by atoms with Crippen LogP contribution in [0.1, 0.15) is 47.0 Å². The molecule has 0 aromatic heterocycles. The van der Waals surface area contributed by atoms with Gasteiger partial charge in [0.15, 0.2) is 5.54 Å². The summed E-state index contributed by atoms with van der Waals surface area (Å²) in [6.45, 7) is 7.71. The maximum absolute atomic E-state index is 12.4. The summed E-state index contributed by atoms with van der Waals surface area (Å²) in [7, 11) is 0. The standard InChI is InChI=1S/C14H25NO4S/c1-5-8-15(12(18)19-13(2,3)4)14(11(16)17)7-6-9-20-10-14/h5-10H2,1-4H3,(H,16,17). The van der Waals surface area contributed by atoms with Crippen molar-refractivity contribution in [2.24, 2.45) is 0 Å². The number of carbonyl (C=O) groups excluding carboxylic acids is 1. The van der Waals surface area contributed by atoms with Gasteiger partial charge < -0.3 is 9.84 Å². The van der Waals surface area contributed by atoms with E-state index in [0.29, 0.717) is 25.1 Å². The van der Waals surface area contributed by atoms with E-state index < -0.39 is 23.2 Å². The first-order chi connectivity index (χ1) is 9.23. The Kier molecular flexibility index (Phi) is 5.74. The summed E-state index contributed by atoms with van der Waals surface area (Å²) >= 11 is 1.59. The van der Waals surface area contributed by atoms with E-state index in [-0.39, 0.29) is 0 Å². The molecule has 20 heavy (non-hydrogen) atoms. The fourth-order valence-electron chi connectivity index (χ4n) is 2.30. The quantitative estimate of drug-likeness (QED) is 0.865. The second-order valence-corrected chi connectivity index (χ2v) is 7.23. The molecule has 1 heterocycles. The highest BCUT2D eigenvalue weighted by Crippen LogP contribution is 2.33. The Labute approximate surface area is 125 Å². The van der Waals surface area contributed by atoms with Gasteiger partial charge in [0, 0.05) is 12.3 Å². The number of amides is 1. The molecule has 1 N–H and O–H groups in total. The molecule has 1 atom stereocenters.